The zero-order valence-electron chi connectivity index (χ0n) is 15.0. The highest BCUT2D eigenvalue weighted by Gasteiger charge is 2.42. The minimum absolute atomic E-state index is 0.0910. The quantitative estimate of drug-likeness (QED) is 0.616. The number of nitrogens with zero attached hydrogens (tertiary/aromatic N) is 2. The first kappa shape index (κ1) is 19.6. The summed E-state index contributed by atoms with van der Waals surface area (Å²) in [6.45, 7) is 6.90. The van der Waals surface area contributed by atoms with Gasteiger partial charge < -0.3 is 15.2 Å². The summed E-state index contributed by atoms with van der Waals surface area (Å²) < 4.78 is 44.1. The van der Waals surface area contributed by atoms with E-state index in [0.29, 0.717) is 31.2 Å². The van der Waals surface area contributed by atoms with Crippen LogP contribution < -0.4 is 10.6 Å². The maximum Gasteiger partial charge on any atom is 0.391 e. The van der Waals surface area contributed by atoms with E-state index in [0.717, 1.165) is 12.1 Å². The molecule has 8 heteroatoms. The molecule has 1 saturated carbocycles. The Balaban J connectivity index is 1.97. The number of hydrogen-bond acceptors (Lipinski definition) is 3. The summed E-state index contributed by atoms with van der Waals surface area (Å²) in [5, 5.41) is 10.2. The van der Waals surface area contributed by atoms with E-state index >= 15 is 0 Å². The Morgan fingerprint density at radius 3 is 2.76 bits per heavy atom. The van der Waals surface area contributed by atoms with Crippen LogP contribution in [0.1, 0.15) is 63.8 Å². The predicted octanol–water partition coefficient (Wildman–Crippen LogP) is 3.97. The molecule has 1 aromatic rings. The fourth-order valence-corrected chi connectivity index (χ4v) is 2.96. The Morgan fingerprint density at radius 1 is 1.40 bits per heavy atom. The van der Waals surface area contributed by atoms with E-state index < -0.39 is 12.1 Å². The normalized spacial score (nSPS) is 22.3. The van der Waals surface area contributed by atoms with E-state index in [2.05, 4.69) is 20.8 Å². The molecule has 1 aliphatic carbocycles. The van der Waals surface area contributed by atoms with E-state index in [9.17, 15) is 13.2 Å². The fourth-order valence-electron chi connectivity index (χ4n) is 2.96. The van der Waals surface area contributed by atoms with Crippen LogP contribution >= 0.6 is 0 Å². The first-order valence-electron chi connectivity index (χ1n) is 8.86. The van der Waals surface area contributed by atoms with E-state index in [4.69, 9.17) is 4.52 Å². The summed E-state index contributed by atoms with van der Waals surface area (Å²) in [6, 6.07) is 1.64. The van der Waals surface area contributed by atoms with Crippen LogP contribution in [0.5, 0.6) is 0 Å². The van der Waals surface area contributed by atoms with Crippen molar-refractivity contribution in [1.82, 2.24) is 15.8 Å². The molecule has 5 nitrogen and oxygen atoms in total. The van der Waals surface area contributed by atoms with Gasteiger partial charge >= 0.3 is 6.18 Å². The number of guanidine groups is 1. The largest absolute Gasteiger partial charge is 0.391 e. The lowest BCUT2D eigenvalue weighted by Crippen LogP contribution is -2.46. The molecule has 0 radical (unpaired) electrons. The van der Waals surface area contributed by atoms with Crippen LogP contribution in [-0.2, 0) is 6.54 Å². The van der Waals surface area contributed by atoms with Gasteiger partial charge in [-0.2, -0.15) is 13.2 Å². The van der Waals surface area contributed by atoms with Gasteiger partial charge in [-0.1, -0.05) is 25.4 Å². The van der Waals surface area contributed by atoms with E-state index in [1.165, 1.54) is 0 Å². The van der Waals surface area contributed by atoms with Gasteiger partial charge in [0.2, 0.25) is 0 Å². The van der Waals surface area contributed by atoms with Gasteiger partial charge in [-0.3, -0.25) is 0 Å². The SMILES string of the molecule is CCNC(=NCc1cc(C(C)C)no1)NC1CCCC(C(F)(F)F)C1. The first-order valence-corrected chi connectivity index (χ1v) is 8.86. The van der Waals surface area contributed by atoms with Crippen LogP contribution in [-0.4, -0.2) is 29.9 Å². The fraction of sp³-hybridized carbons (Fsp3) is 0.765. The second-order valence-electron chi connectivity index (χ2n) is 6.81. The van der Waals surface area contributed by atoms with Crippen LogP contribution in [0.3, 0.4) is 0 Å². The van der Waals surface area contributed by atoms with E-state index in [1.54, 1.807) is 0 Å². The van der Waals surface area contributed by atoms with Gasteiger partial charge in [0.05, 0.1) is 11.6 Å². The average Bonchev–Trinajstić information content (AvgIpc) is 3.01. The zero-order chi connectivity index (χ0) is 18.4. The Hall–Kier alpha value is -1.73. The molecule has 1 aliphatic rings. The molecule has 142 valence electrons. The number of aromatic nitrogens is 1. The molecule has 0 spiro atoms. The number of nitrogens with one attached hydrogen (secondary N) is 2. The van der Waals surface area contributed by atoms with Crippen LogP contribution in [0.2, 0.25) is 0 Å². The van der Waals surface area contributed by atoms with Gasteiger partial charge in [0.1, 0.15) is 6.54 Å². The van der Waals surface area contributed by atoms with Crippen LogP contribution in [0.15, 0.2) is 15.6 Å². The second-order valence-corrected chi connectivity index (χ2v) is 6.81. The monoisotopic (exact) mass is 360 g/mol. The summed E-state index contributed by atoms with van der Waals surface area (Å²) in [6.07, 6.45) is -2.53. The van der Waals surface area contributed by atoms with Crippen molar-refractivity contribution in [3.63, 3.8) is 0 Å². The van der Waals surface area contributed by atoms with Crippen molar-refractivity contribution in [2.24, 2.45) is 10.9 Å². The summed E-state index contributed by atoms with van der Waals surface area (Å²) >= 11 is 0. The first-order chi connectivity index (χ1) is 11.8. The maximum atomic E-state index is 12.9. The smallest absolute Gasteiger partial charge is 0.359 e. The molecular formula is C17H27F3N4O. The van der Waals surface area contributed by atoms with E-state index in [-0.39, 0.29) is 24.8 Å². The highest BCUT2D eigenvalue weighted by atomic mass is 19.4. The molecule has 2 rings (SSSR count). The second kappa shape index (κ2) is 8.58. The van der Waals surface area contributed by atoms with Crippen molar-refractivity contribution in [3.05, 3.63) is 17.5 Å². The zero-order valence-corrected chi connectivity index (χ0v) is 15.0. The Morgan fingerprint density at radius 2 is 2.16 bits per heavy atom. The van der Waals surface area contributed by atoms with Crippen molar-refractivity contribution in [2.75, 3.05) is 6.54 Å². The number of aliphatic imine (C=N–C) groups is 1. The topological polar surface area (TPSA) is 62.5 Å². The van der Waals surface area contributed by atoms with Gasteiger partial charge in [0.25, 0.3) is 0 Å². The van der Waals surface area contributed by atoms with Crippen molar-refractivity contribution >= 4 is 5.96 Å². The van der Waals surface area contributed by atoms with Crippen molar-refractivity contribution < 1.29 is 17.7 Å². The van der Waals surface area contributed by atoms with Crippen LogP contribution in [0, 0.1) is 5.92 Å². The van der Waals surface area contributed by atoms with Crippen molar-refractivity contribution in [2.45, 2.75) is 71.1 Å². The third-order valence-corrected chi connectivity index (χ3v) is 4.38. The summed E-state index contributed by atoms with van der Waals surface area (Å²) in [4.78, 5) is 4.42. The van der Waals surface area contributed by atoms with Gasteiger partial charge in [0, 0.05) is 18.7 Å². The average molecular weight is 360 g/mol. The molecule has 0 bridgehead atoms. The van der Waals surface area contributed by atoms with Gasteiger partial charge in [-0.25, -0.2) is 4.99 Å². The van der Waals surface area contributed by atoms with E-state index in [1.807, 2.05) is 26.8 Å². The van der Waals surface area contributed by atoms with Crippen molar-refractivity contribution in [1.29, 1.82) is 0 Å². The molecule has 0 aromatic carbocycles. The summed E-state index contributed by atoms with van der Waals surface area (Å²) in [5.74, 6) is 0.189. The lowest BCUT2D eigenvalue weighted by Gasteiger charge is -2.31. The molecule has 1 heterocycles. The standard InChI is InChI=1S/C17H27F3N4O/c1-4-21-16(22-10-14-9-15(11(2)3)24-25-14)23-13-7-5-6-12(8-13)17(18,19)20/h9,11-13H,4-8,10H2,1-3H3,(H2,21,22,23). The molecule has 1 fully saturated rings. The van der Waals surface area contributed by atoms with Gasteiger partial charge in [-0.05, 0) is 32.1 Å². The molecule has 1 aromatic heterocycles. The third-order valence-electron chi connectivity index (χ3n) is 4.38. The Bertz CT molecular complexity index is 568. The molecule has 0 aliphatic heterocycles. The minimum Gasteiger partial charge on any atom is -0.359 e. The third kappa shape index (κ3) is 5.93. The van der Waals surface area contributed by atoms with Crippen LogP contribution in [0.4, 0.5) is 13.2 Å². The highest BCUT2D eigenvalue weighted by molar-refractivity contribution is 5.80. The number of alkyl halides is 3. The predicted molar refractivity (Wildman–Crippen MR) is 90.3 cm³/mol. The molecule has 2 N–H and O–H groups in total. The molecule has 25 heavy (non-hydrogen) atoms. The number of hydrogen-bond donors (Lipinski definition) is 2. The molecular weight excluding hydrogens is 333 g/mol. The summed E-state index contributed by atoms with van der Waals surface area (Å²) in [5.41, 5.74) is 0.864. The summed E-state index contributed by atoms with van der Waals surface area (Å²) in [7, 11) is 0. The number of halogens is 3. The minimum atomic E-state index is -4.12. The lowest BCUT2D eigenvalue weighted by atomic mass is 9.85. The van der Waals surface area contributed by atoms with Crippen LogP contribution in [0.25, 0.3) is 0 Å². The Labute approximate surface area is 146 Å². The molecule has 0 saturated heterocycles. The number of rotatable bonds is 5. The van der Waals surface area contributed by atoms with Gasteiger partial charge in [0.15, 0.2) is 11.7 Å². The maximum absolute atomic E-state index is 12.9. The Kier molecular flexibility index (Phi) is 6.72. The highest BCUT2D eigenvalue weighted by Crippen LogP contribution is 2.37. The lowest BCUT2D eigenvalue weighted by molar-refractivity contribution is -0.183. The van der Waals surface area contributed by atoms with Crippen molar-refractivity contribution in [3.8, 4) is 0 Å². The molecule has 2 atom stereocenters. The molecule has 2 unspecified atom stereocenters. The van der Waals surface area contributed by atoms with Gasteiger partial charge in [-0.15, -0.1) is 0 Å². The molecule has 0 amide bonds.